The molecule has 20 heavy (non-hydrogen) atoms. The Bertz CT molecular complexity index is 516. The van der Waals surface area contributed by atoms with E-state index in [0.717, 1.165) is 6.54 Å². The van der Waals surface area contributed by atoms with Crippen LogP contribution >= 0.6 is 0 Å². The molecule has 0 saturated carbocycles. The lowest BCUT2D eigenvalue weighted by Crippen LogP contribution is -2.31. The van der Waals surface area contributed by atoms with Crippen molar-refractivity contribution < 1.29 is 19.8 Å². The van der Waals surface area contributed by atoms with Gasteiger partial charge in [-0.1, -0.05) is 18.2 Å². The first kappa shape index (κ1) is 14.3. The third-order valence-corrected chi connectivity index (χ3v) is 3.84. The molecular formula is C14H18N2O4. The highest BCUT2D eigenvalue weighted by atomic mass is 16.4. The van der Waals surface area contributed by atoms with E-state index in [1.807, 2.05) is 0 Å². The van der Waals surface area contributed by atoms with E-state index in [0.29, 0.717) is 5.41 Å². The first-order valence-electron chi connectivity index (χ1n) is 6.43. The molecule has 1 spiro atoms. The number of carbonyl (C=O) groups is 2. The van der Waals surface area contributed by atoms with Crippen molar-refractivity contribution in [1.82, 2.24) is 4.90 Å². The number of carboxylic acids is 2. The highest BCUT2D eigenvalue weighted by molar-refractivity contribution is 6.27. The van der Waals surface area contributed by atoms with Gasteiger partial charge in [0, 0.05) is 24.2 Å². The van der Waals surface area contributed by atoms with Crippen molar-refractivity contribution in [3.8, 4) is 0 Å². The van der Waals surface area contributed by atoms with Crippen LogP contribution in [0.1, 0.15) is 12.0 Å². The summed E-state index contributed by atoms with van der Waals surface area (Å²) in [5, 5.41) is 18.3. The Kier molecular flexibility index (Phi) is 3.94. The number of anilines is 1. The predicted octanol–water partition coefficient (Wildman–Crippen LogP) is 0.841. The minimum absolute atomic E-state index is 0.408. The Labute approximate surface area is 117 Å². The largest absolute Gasteiger partial charge is 0.473 e. The van der Waals surface area contributed by atoms with Crippen molar-refractivity contribution in [2.24, 2.45) is 0 Å². The summed E-state index contributed by atoms with van der Waals surface area (Å²) in [6.07, 6.45) is 1.30. The number of fused-ring (bicyclic) bond motifs is 2. The van der Waals surface area contributed by atoms with E-state index in [4.69, 9.17) is 19.8 Å². The maximum absolute atomic E-state index is 9.10. The maximum Gasteiger partial charge on any atom is 0.414 e. The van der Waals surface area contributed by atoms with Crippen molar-refractivity contribution in [2.75, 3.05) is 32.0 Å². The summed E-state index contributed by atoms with van der Waals surface area (Å²) in [7, 11) is 2.22. The van der Waals surface area contributed by atoms with Gasteiger partial charge in [-0.2, -0.15) is 0 Å². The quantitative estimate of drug-likeness (QED) is 0.609. The molecule has 1 saturated heterocycles. The second kappa shape index (κ2) is 5.50. The Morgan fingerprint density at radius 1 is 1.25 bits per heavy atom. The number of benzene rings is 1. The topological polar surface area (TPSA) is 89.9 Å². The minimum atomic E-state index is -1.82. The third kappa shape index (κ3) is 2.75. The van der Waals surface area contributed by atoms with Gasteiger partial charge >= 0.3 is 11.9 Å². The Morgan fingerprint density at radius 2 is 1.90 bits per heavy atom. The molecule has 3 N–H and O–H groups in total. The zero-order valence-electron chi connectivity index (χ0n) is 11.3. The molecule has 0 aliphatic carbocycles. The number of para-hydroxylation sites is 1. The Morgan fingerprint density at radius 3 is 2.45 bits per heavy atom. The van der Waals surface area contributed by atoms with Crippen LogP contribution in [0, 0.1) is 0 Å². The highest BCUT2D eigenvalue weighted by Gasteiger charge is 2.42. The molecule has 0 amide bonds. The molecule has 0 aromatic heterocycles. The van der Waals surface area contributed by atoms with Gasteiger partial charge in [-0.15, -0.1) is 0 Å². The number of nitrogens with one attached hydrogen (secondary N) is 1. The summed E-state index contributed by atoms with van der Waals surface area (Å²) in [5.74, 6) is -3.65. The number of rotatable bonds is 0. The van der Waals surface area contributed by atoms with Gasteiger partial charge < -0.3 is 20.4 Å². The zero-order valence-corrected chi connectivity index (χ0v) is 11.3. The number of nitrogens with zero attached hydrogens (tertiary/aromatic N) is 1. The van der Waals surface area contributed by atoms with Crippen molar-refractivity contribution in [3.05, 3.63) is 29.8 Å². The summed E-state index contributed by atoms with van der Waals surface area (Å²) in [6.45, 7) is 3.56. The fraction of sp³-hybridized carbons (Fsp3) is 0.429. The number of hydrogen-bond donors (Lipinski definition) is 3. The second-order valence-corrected chi connectivity index (χ2v) is 5.28. The smallest absolute Gasteiger partial charge is 0.414 e. The third-order valence-electron chi connectivity index (χ3n) is 3.84. The van der Waals surface area contributed by atoms with Crippen LogP contribution in [0.5, 0.6) is 0 Å². The first-order chi connectivity index (χ1) is 9.44. The standard InChI is InChI=1S/C12H16N2.C2H2O4/c1-14-7-6-12(9-14)8-13-11-5-3-2-4-10(11)12;3-1(4)2(5)6/h2-5,13H,6-9H2,1H3;(H,3,4)(H,5,6). The molecule has 2 heterocycles. The molecule has 1 fully saturated rings. The number of hydrogen-bond acceptors (Lipinski definition) is 4. The molecule has 6 nitrogen and oxygen atoms in total. The van der Waals surface area contributed by atoms with E-state index in [1.165, 1.54) is 30.8 Å². The number of likely N-dealkylation sites (N-methyl/N-ethyl adjacent to an activating group) is 1. The van der Waals surface area contributed by atoms with Gasteiger partial charge in [0.2, 0.25) is 0 Å². The van der Waals surface area contributed by atoms with E-state index in [2.05, 4.69) is 41.5 Å². The van der Waals surface area contributed by atoms with Gasteiger partial charge in [-0.25, -0.2) is 9.59 Å². The van der Waals surface area contributed by atoms with Gasteiger partial charge in [0.15, 0.2) is 0 Å². The summed E-state index contributed by atoms with van der Waals surface area (Å²) >= 11 is 0. The average Bonchev–Trinajstić information content (AvgIpc) is 2.96. The summed E-state index contributed by atoms with van der Waals surface area (Å²) in [5.41, 5.74) is 3.29. The average molecular weight is 278 g/mol. The normalized spacial score (nSPS) is 23.6. The monoisotopic (exact) mass is 278 g/mol. The lowest BCUT2D eigenvalue weighted by Gasteiger charge is -2.22. The summed E-state index contributed by atoms with van der Waals surface area (Å²) in [4.78, 5) is 20.6. The van der Waals surface area contributed by atoms with Crippen molar-refractivity contribution in [3.63, 3.8) is 0 Å². The minimum Gasteiger partial charge on any atom is -0.473 e. The predicted molar refractivity (Wildman–Crippen MR) is 74.0 cm³/mol. The van der Waals surface area contributed by atoms with Crippen LogP contribution in [-0.4, -0.2) is 53.7 Å². The van der Waals surface area contributed by atoms with Gasteiger partial charge in [-0.05, 0) is 31.6 Å². The van der Waals surface area contributed by atoms with E-state index < -0.39 is 11.9 Å². The van der Waals surface area contributed by atoms with Crippen LogP contribution in [0.2, 0.25) is 0 Å². The van der Waals surface area contributed by atoms with Gasteiger partial charge in [-0.3, -0.25) is 0 Å². The molecule has 2 aliphatic heterocycles. The molecule has 1 aromatic rings. The zero-order chi connectivity index (χ0) is 14.8. The Hall–Kier alpha value is -2.08. The molecule has 108 valence electrons. The molecule has 3 rings (SSSR count). The van der Waals surface area contributed by atoms with Gasteiger partial charge in [0.05, 0.1) is 0 Å². The number of aliphatic carboxylic acids is 2. The molecule has 1 unspecified atom stereocenters. The van der Waals surface area contributed by atoms with Crippen molar-refractivity contribution >= 4 is 17.6 Å². The SMILES string of the molecule is CN1CCC2(CNc3ccccc32)C1.O=C(O)C(=O)O. The van der Waals surface area contributed by atoms with E-state index in [9.17, 15) is 0 Å². The molecule has 2 aliphatic rings. The van der Waals surface area contributed by atoms with E-state index in [1.54, 1.807) is 0 Å². The van der Waals surface area contributed by atoms with Crippen LogP contribution in [-0.2, 0) is 15.0 Å². The molecular weight excluding hydrogens is 260 g/mol. The lowest BCUT2D eigenvalue weighted by atomic mass is 9.82. The highest BCUT2D eigenvalue weighted by Crippen LogP contribution is 2.42. The van der Waals surface area contributed by atoms with E-state index >= 15 is 0 Å². The molecule has 0 bridgehead atoms. The lowest BCUT2D eigenvalue weighted by molar-refractivity contribution is -0.159. The summed E-state index contributed by atoms with van der Waals surface area (Å²) in [6, 6.07) is 8.76. The van der Waals surface area contributed by atoms with Crippen LogP contribution in [0.25, 0.3) is 0 Å². The van der Waals surface area contributed by atoms with Crippen molar-refractivity contribution in [1.29, 1.82) is 0 Å². The fourth-order valence-corrected chi connectivity index (χ4v) is 2.90. The van der Waals surface area contributed by atoms with Crippen LogP contribution in [0.3, 0.4) is 0 Å². The van der Waals surface area contributed by atoms with Gasteiger partial charge in [0.25, 0.3) is 0 Å². The fourth-order valence-electron chi connectivity index (χ4n) is 2.90. The Balaban J connectivity index is 0.000000212. The van der Waals surface area contributed by atoms with Crippen LogP contribution in [0.4, 0.5) is 5.69 Å². The molecule has 6 heteroatoms. The maximum atomic E-state index is 9.10. The first-order valence-corrected chi connectivity index (χ1v) is 6.43. The van der Waals surface area contributed by atoms with Crippen molar-refractivity contribution in [2.45, 2.75) is 11.8 Å². The van der Waals surface area contributed by atoms with E-state index in [-0.39, 0.29) is 0 Å². The number of carboxylic acid groups (broad SMARTS) is 2. The van der Waals surface area contributed by atoms with Gasteiger partial charge in [0.1, 0.15) is 0 Å². The summed E-state index contributed by atoms with van der Waals surface area (Å²) < 4.78 is 0. The van der Waals surface area contributed by atoms with Crippen LogP contribution in [0.15, 0.2) is 24.3 Å². The molecule has 0 radical (unpaired) electrons. The molecule has 1 atom stereocenters. The number of likely N-dealkylation sites (tertiary alicyclic amines) is 1. The second-order valence-electron chi connectivity index (χ2n) is 5.28. The molecule has 1 aromatic carbocycles. The van der Waals surface area contributed by atoms with Crippen LogP contribution < -0.4 is 5.32 Å².